The first-order valence-electron chi connectivity index (χ1n) is 8.70. The van der Waals surface area contributed by atoms with E-state index >= 15 is 0 Å². The Labute approximate surface area is 172 Å². The molecule has 1 amide bonds. The summed E-state index contributed by atoms with van der Waals surface area (Å²) in [7, 11) is 0. The van der Waals surface area contributed by atoms with Gasteiger partial charge >= 0.3 is 24.1 Å². The number of halogens is 4. The number of fused-ring (bicyclic) bond motifs is 1. The number of benzene rings is 1. The molecule has 2 aliphatic rings. The number of carboxylic acids is 3. The lowest BCUT2D eigenvalue weighted by Gasteiger charge is -2.19. The molecule has 1 aliphatic carbocycles. The fourth-order valence-electron chi connectivity index (χ4n) is 3.59. The Kier molecular flexibility index (Phi) is 6.31. The lowest BCUT2D eigenvalue weighted by molar-refractivity contribution is -0.192. The van der Waals surface area contributed by atoms with E-state index in [-0.39, 0.29) is 26.1 Å². The van der Waals surface area contributed by atoms with Crippen molar-refractivity contribution in [3.05, 3.63) is 29.6 Å². The number of aryl methyl sites for hydroxylation is 1. The molecule has 13 heteroatoms. The van der Waals surface area contributed by atoms with Crippen LogP contribution in [-0.2, 0) is 19.2 Å². The van der Waals surface area contributed by atoms with E-state index < -0.39 is 46.6 Å². The molecule has 31 heavy (non-hydrogen) atoms. The van der Waals surface area contributed by atoms with Gasteiger partial charge in [-0.05, 0) is 31.0 Å². The van der Waals surface area contributed by atoms with Gasteiger partial charge in [0.2, 0.25) is 5.91 Å². The van der Waals surface area contributed by atoms with E-state index in [1.54, 1.807) is 13.0 Å². The fourth-order valence-corrected chi connectivity index (χ4v) is 3.59. The van der Waals surface area contributed by atoms with Crippen LogP contribution in [0, 0.1) is 23.6 Å². The maximum Gasteiger partial charge on any atom is 0.490 e. The molecule has 0 bridgehead atoms. The molecular formula is C18H18F4N2O7. The number of nitrogens with one attached hydrogen (secondary N) is 1. The monoisotopic (exact) mass is 450 g/mol. The molecule has 0 radical (unpaired) electrons. The average molecular weight is 450 g/mol. The molecule has 2 atom stereocenters. The van der Waals surface area contributed by atoms with Gasteiger partial charge in [-0.2, -0.15) is 13.2 Å². The highest BCUT2D eigenvalue weighted by molar-refractivity contribution is 5.96. The zero-order chi connectivity index (χ0) is 23.8. The highest BCUT2D eigenvalue weighted by atomic mass is 19.4. The second kappa shape index (κ2) is 8.13. The number of alkyl halides is 3. The maximum absolute atomic E-state index is 13.5. The predicted molar refractivity (Wildman–Crippen MR) is 94.7 cm³/mol. The van der Waals surface area contributed by atoms with Crippen molar-refractivity contribution in [2.45, 2.75) is 19.5 Å². The van der Waals surface area contributed by atoms with Crippen LogP contribution >= 0.6 is 0 Å². The summed E-state index contributed by atoms with van der Waals surface area (Å²) in [5, 5.41) is 28.3. The Balaban J connectivity index is 0.000000423. The van der Waals surface area contributed by atoms with Crippen molar-refractivity contribution in [2.24, 2.45) is 10.8 Å². The number of nitrogens with zero attached hydrogens (tertiary/aromatic N) is 1. The molecular weight excluding hydrogens is 432 g/mol. The molecule has 1 aliphatic heterocycles. The summed E-state index contributed by atoms with van der Waals surface area (Å²) in [6.45, 7) is 1.50. The number of hydrogen-bond donors (Lipinski definition) is 4. The lowest BCUT2D eigenvalue weighted by Crippen LogP contribution is -2.35. The summed E-state index contributed by atoms with van der Waals surface area (Å²) >= 11 is 0. The number of carbonyl (C=O) groups is 4. The molecule has 4 N–H and O–H groups in total. The standard InChI is InChI=1S/C16H17FN2O5.C2HF3O2/c1-9-2-3-10(4-11(9)17)18-12(20)5-19-7-15(13(21)22)6-16(15,8-19)14(23)24;3-2(4,5)1(6)7/h2-4H,5-8H2,1H3,(H,18,20)(H,21,22)(H,23,24);(H,6,7)/t15-,16+;. The van der Waals surface area contributed by atoms with Crippen molar-refractivity contribution >= 4 is 29.5 Å². The first-order valence-corrected chi connectivity index (χ1v) is 8.70. The van der Waals surface area contributed by atoms with E-state index in [1.807, 2.05) is 0 Å². The van der Waals surface area contributed by atoms with Gasteiger partial charge in [0.25, 0.3) is 0 Å². The molecule has 0 spiro atoms. The third-order valence-corrected chi connectivity index (χ3v) is 5.27. The smallest absolute Gasteiger partial charge is 0.481 e. The molecule has 0 aromatic heterocycles. The van der Waals surface area contributed by atoms with E-state index in [1.165, 1.54) is 17.0 Å². The Morgan fingerprint density at radius 2 is 1.55 bits per heavy atom. The van der Waals surface area contributed by atoms with Gasteiger partial charge in [-0.1, -0.05) is 6.07 Å². The molecule has 9 nitrogen and oxygen atoms in total. The topological polar surface area (TPSA) is 144 Å². The van der Waals surface area contributed by atoms with Gasteiger partial charge in [-0.25, -0.2) is 9.18 Å². The molecule has 2 fully saturated rings. The van der Waals surface area contributed by atoms with Crippen LogP contribution in [0.2, 0.25) is 0 Å². The van der Waals surface area contributed by atoms with Crippen LogP contribution in [0.25, 0.3) is 0 Å². The second-order valence-electron chi connectivity index (χ2n) is 7.41. The summed E-state index contributed by atoms with van der Waals surface area (Å²) in [6.07, 6.45) is -4.99. The number of carboxylic acid groups (broad SMARTS) is 3. The maximum atomic E-state index is 13.5. The van der Waals surface area contributed by atoms with E-state index in [0.29, 0.717) is 11.3 Å². The molecule has 1 heterocycles. The molecule has 1 aromatic carbocycles. The third-order valence-electron chi connectivity index (χ3n) is 5.27. The molecule has 0 unspecified atom stereocenters. The van der Waals surface area contributed by atoms with Gasteiger partial charge in [0.05, 0.1) is 17.4 Å². The van der Waals surface area contributed by atoms with Gasteiger partial charge in [0.15, 0.2) is 0 Å². The van der Waals surface area contributed by atoms with Crippen LogP contribution in [0.4, 0.5) is 23.2 Å². The van der Waals surface area contributed by atoms with Crippen molar-refractivity contribution in [3.8, 4) is 0 Å². The van der Waals surface area contributed by atoms with Crippen LogP contribution in [-0.4, -0.2) is 69.8 Å². The van der Waals surface area contributed by atoms with Crippen LogP contribution < -0.4 is 5.32 Å². The number of piperidine rings is 1. The zero-order valence-corrected chi connectivity index (χ0v) is 16.0. The van der Waals surface area contributed by atoms with Crippen molar-refractivity contribution in [1.29, 1.82) is 0 Å². The average Bonchev–Trinajstić information content (AvgIpc) is 3.17. The van der Waals surface area contributed by atoms with Gasteiger partial charge < -0.3 is 20.6 Å². The normalized spacial score (nSPS) is 24.4. The lowest BCUT2D eigenvalue weighted by atomic mass is 9.97. The molecule has 1 saturated carbocycles. The summed E-state index contributed by atoms with van der Waals surface area (Å²) < 4.78 is 45.2. The molecule has 3 rings (SSSR count). The van der Waals surface area contributed by atoms with Crippen molar-refractivity contribution in [3.63, 3.8) is 0 Å². The Morgan fingerprint density at radius 3 is 1.94 bits per heavy atom. The quantitative estimate of drug-likeness (QED) is 0.495. The molecule has 170 valence electrons. The van der Waals surface area contributed by atoms with Crippen molar-refractivity contribution in [2.75, 3.05) is 25.0 Å². The number of amides is 1. The first kappa shape index (κ1) is 24.1. The second-order valence-corrected chi connectivity index (χ2v) is 7.41. The highest BCUT2D eigenvalue weighted by Crippen LogP contribution is 2.68. The minimum absolute atomic E-state index is 0.0182. The number of aliphatic carboxylic acids is 3. The van der Waals surface area contributed by atoms with Gasteiger partial charge in [0, 0.05) is 18.8 Å². The number of anilines is 1. The molecule has 1 saturated heterocycles. The largest absolute Gasteiger partial charge is 0.490 e. The van der Waals surface area contributed by atoms with Crippen LogP contribution in [0.1, 0.15) is 12.0 Å². The minimum Gasteiger partial charge on any atom is -0.481 e. The number of rotatable bonds is 5. The predicted octanol–water partition coefficient (Wildman–Crippen LogP) is 1.57. The van der Waals surface area contributed by atoms with Gasteiger partial charge in [0.1, 0.15) is 5.82 Å². The summed E-state index contributed by atoms with van der Waals surface area (Å²) in [4.78, 5) is 45.3. The third kappa shape index (κ3) is 4.76. The van der Waals surface area contributed by atoms with E-state index in [0.717, 1.165) is 0 Å². The van der Waals surface area contributed by atoms with E-state index in [2.05, 4.69) is 5.32 Å². The van der Waals surface area contributed by atoms with E-state index in [4.69, 9.17) is 9.90 Å². The van der Waals surface area contributed by atoms with Gasteiger partial charge in [-0.3, -0.25) is 19.3 Å². The summed E-state index contributed by atoms with van der Waals surface area (Å²) in [5.41, 5.74) is -1.86. The zero-order valence-electron chi connectivity index (χ0n) is 16.0. The molecule has 1 aromatic rings. The highest BCUT2D eigenvalue weighted by Gasteiger charge is 2.80. The van der Waals surface area contributed by atoms with Crippen LogP contribution in [0.5, 0.6) is 0 Å². The van der Waals surface area contributed by atoms with Gasteiger partial charge in [-0.15, -0.1) is 0 Å². The fraction of sp³-hybridized carbons (Fsp3) is 0.444. The Bertz CT molecular complexity index is 908. The Hall–Kier alpha value is -3.22. The summed E-state index contributed by atoms with van der Waals surface area (Å²) in [5.74, 6) is -5.93. The number of carbonyl (C=O) groups excluding carboxylic acids is 1. The number of hydrogen-bond acceptors (Lipinski definition) is 5. The van der Waals surface area contributed by atoms with Crippen molar-refractivity contribution in [1.82, 2.24) is 4.90 Å². The summed E-state index contributed by atoms with van der Waals surface area (Å²) in [6, 6.07) is 4.30. The minimum atomic E-state index is -5.08. The van der Waals surface area contributed by atoms with E-state index in [9.17, 15) is 42.2 Å². The van der Waals surface area contributed by atoms with Crippen molar-refractivity contribution < 1.29 is 52.1 Å². The SMILES string of the molecule is Cc1ccc(NC(=O)CN2C[C@@]3(C(=O)O)C[C@@]3(C(=O)O)C2)cc1F.O=C(O)C(F)(F)F. The van der Waals surface area contributed by atoms with Crippen LogP contribution in [0.15, 0.2) is 18.2 Å². The number of likely N-dealkylation sites (tertiary alicyclic amines) is 1. The first-order chi connectivity index (χ1) is 14.1. The van der Waals surface area contributed by atoms with Crippen LogP contribution in [0.3, 0.4) is 0 Å². The Morgan fingerprint density at radius 1 is 1.06 bits per heavy atom.